The third-order valence-corrected chi connectivity index (χ3v) is 4.34. The molecule has 0 saturated heterocycles. The van der Waals surface area contributed by atoms with Gasteiger partial charge < -0.3 is 24.1 Å². The predicted octanol–water partition coefficient (Wildman–Crippen LogP) is 3.83. The van der Waals surface area contributed by atoms with Gasteiger partial charge in [-0.2, -0.15) is 0 Å². The molecule has 0 spiro atoms. The Balaban J connectivity index is 1.81. The van der Waals surface area contributed by atoms with Gasteiger partial charge >= 0.3 is 0 Å². The molecule has 0 amide bonds. The highest BCUT2D eigenvalue weighted by atomic mass is 16.5. The first-order valence-electron chi connectivity index (χ1n) is 8.81. The zero-order valence-electron chi connectivity index (χ0n) is 15.9. The molecule has 0 fully saturated rings. The van der Waals surface area contributed by atoms with Crippen LogP contribution in [0.5, 0.6) is 11.5 Å². The summed E-state index contributed by atoms with van der Waals surface area (Å²) in [6, 6.07) is 16.1. The second-order valence-corrected chi connectivity index (χ2v) is 6.02. The number of rotatable bonds is 9. The summed E-state index contributed by atoms with van der Waals surface area (Å²) >= 11 is 0. The minimum Gasteiger partial charge on any atom is -0.493 e. The quantitative estimate of drug-likeness (QED) is 0.623. The van der Waals surface area contributed by atoms with Crippen LogP contribution < -0.4 is 14.8 Å². The van der Waals surface area contributed by atoms with Gasteiger partial charge in [-0.05, 0) is 23.3 Å². The molecule has 142 valence electrons. The van der Waals surface area contributed by atoms with Crippen LogP contribution in [0.15, 0.2) is 54.7 Å². The molecule has 0 aliphatic heterocycles. The van der Waals surface area contributed by atoms with Crippen LogP contribution in [0.2, 0.25) is 0 Å². The van der Waals surface area contributed by atoms with Crippen molar-refractivity contribution >= 4 is 5.95 Å². The standard InChI is InChI=1S/C21H25N3O3/c1-25-12-11-24-18(17-7-5-4-6-8-17)15-23-21(24)22-14-16-9-10-19(26-2)20(13-16)27-3/h4-10,13,15H,11-12,14H2,1-3H3,(H,22,23). The molecule has 3 rings (SSSR count). The zero-order valence-corrected chi connectivity index (χ0v) is 15.9. The van der Waals surface area contributed by atoms with E-state index < -0.39 is 0 Å². The monoisotopic (exact) mass is 367 g/mol. The van der Waals surface area contributed by atoms with Crippen molar-refractivity contribution in [2.75, 3.05) is 33.3 Å². The van der Waals surface area contributed by atoms with Crippen molar-refractivity contribution in [1.29, 1.82) is 0 Å². The number of aromatic nitrogens is 2. The molecule has 0 saturated carbocycles. The second-order valence-electron chi connectivity index (χ2n) is 6.02. The number of hydrogen-bond acceptors (Lipinski definition) is 5. The molecule has 1 aromatic heterocycles. The van der Waals surface area contributed by atoms with Crippen molar-refractivity contribution in [3.63, 3.8) is 0 Å². The number of nitrogens with one attached hydrogen (secondary N) is 1. The molecule has 27 heavy (non-hydrogen) atoms. The van der Waals surface area contributed by atoms with E-state index in [0.29, 0.717) is 24.7 Å². The SMILES string of the molecule is COCCn1c(-c2ccccc2)cnc1NCc1ccc(OC)c(OC)c1. The molecule has 0 unspecified atom stereocenters. The van der Waals surface area contributed by atoms with Gasteiger partial charge in [0.25, 0.3) is 0 Å². The minimum atomic E-state index is 0.612. The predicted molar refractivity (Wildman–Crippen MR) is 106 cm³/mol. The van der Waals surface area contributed by atoms with Gasteiger partial charge in [-0.25, -0.2) is 4.98 Å². The maximum atomic E-state index is 5.38. The molecule has 0 aliphatic carbocycles. The lowest BCUT2D eigenvalue weighted by atomic mass is 10.2. The molecule has 0 bridgehead atoms. The van der Waals surface area contributed by atoms with Crippen molar-refractivity contribution in [3.8, 4) is 22.8 Å². The maximum Gasteiger partial charge on any atom is 0.203 e. The zero-order chi connectivity index (χ0) is 19.1. The fourth-order valence-corrected chi connectivity index (χ4v) is 2.94. The van der Waals surface area contributed by atoms with Crippen molar-refractivity contribution in [2.24, 2.45) is 0 Å². The molecule has 1 N–H and O–H groups in total. The van der Waals surface area contributed by atoms with Gasteiger partial charge in [0.1, 0.15) is 0 Å². The van der Waals surface area contributed by atoms with Crippen molar-refractivity contribution in [1.82, 2.24) is 9.55 Å². The average molecular weight is 367 g/mol. The molecule has 1 heterocycles. The van der Waals surface area contributed by atoms with Crippen molar-refractivity contribution in [2.45, 2.75) is 13.1 Å². The summed E-state index contributed by atoms with van der Waals surface area (Å²) in [4.78, 5) is 4.58. The highest BCUT2D eigenvalue weighted by Crippen LogP contribution is 2.28. The minimum absolute atomic E-state index is 0.612. The lowest BCUT2D eigenvalue weighted by Gasteiger charge is -2.14. The number of hydrogen-bond donors (Lipinski definition) is 1. The largest absolute Gasteiger partial charge is 0.493 e. The molecule has 0 radical (unpaired) electrons. The van der Waals surface area contributed by atoms with E-state index in [2.05, 4.69) is 27.0 Å². The summed E-state index contributed by atoms with van der Waals surface area (Å²) < 4.78 is 18.1. The summed E-state index contributed by atoms with van der Waals surface area (Å²) in [6.45, 7) is 1.95. The smallest absolute Gasteiger partial charge is 0.203 e. The Hall–Kier alpha value is -2.99. The lowest BCUT2D eigenvalue weighted by Crippen LogP contribution is -2.11. The first kappa shape index (κ1) is 18.8. The summed E-state index contributed by atoms with van der Waals surface area (Å²) in [5, 5.41) is 3.42. The van der Waals surface area contributed by atoms with E-state index in [9.17, 15) is 0 Å². The third-order valence-electron chi connectivity index (χ3n) is 4.34. The number of ether oxygens (including phenoxy) is 3. The van der Waals surface area contributed by atoms with E-state index in [1.165, 1.54) is 0 Å². The van der Waals surface area contributed by atoms with Crippen LogP contribution in [0.4, 0.5) is 5.95 Å². The molecular formula is C21H25N3O3. The van der Waals surface area contributed by atoms with Crippen LogP contribution in [0.3, 0.4) is 0 Å². The van der Waals surface area contributed by atoms with E-state index in [4.69, 9.17) is 14.2 Å². The Bertz CT molecular complexity index is 862. The molecule has 0 atom stereocenters. The van der Waals surface area contributed by atoms with E-state index in [-0.39, 0.29) is 0 Å². The summed E-state index contributed by atoms with van der Waals surface area (Å²) in [6.07, 6.45) is 1.89. The molecule has 3 aromatic rings. The lowest BCUT2D eigenvalue weighted by molar-refractivity contribution is 0.188. The Morgan fingerprint density at radius 3 is 2.44 bits per heavy atom. The third kappa shape index (κ3) is 4.41. The van der Waals surface area contributed by atoms with E-state index >= 15 is 0 Å². The van der Waals surface area contributed by atoms with Crippen molar-refractivity contribution < 1.29 is 14.2 Å². The highest BCUT2D eigenvalue weighted by Gasteiger charge is 2.12. The van der Waals surface area contributed by atoms with Gasteiger partial charge in [0.2, 0.25) is 5.95 Å². The van der Waals surface area contributed by atoms with Gasteiger partial charge in [-0.3, -0.25) is 0 Å². The fourth-order valence-electron chi connectivity index (χ4n) is 2.94. The number of benzene rings is 2. The van der Waals surface area contributed by atoms with E-state index in [0.717, 1.165) is 29.3 Å². The van der Waals surface area contributed by atoms with E-state index in [1.54, 1.807) is 21.3 Å². The van der Waals surface area contributed by atoms with Crippen LogP contribution in [0, 0.1) is 0 Å². The van der Waals surface area contributed by atoms with Gasteiger partial charge in [0, 0.05) is 20.2 Å². The highest BCUT2D eigenvalue weighted by molar-refractivity contribution is 5.61. The number of imidazole rings is 1. The summed E-state index contributed by atoms with van der Waals surface area (Å²) in [5.41, 5.74) is 3.26. The average Bonchev–Trinajstić information content (AvgIpc) is 3.13. The molecular weight excluding hydrogens is 342 g/mol. The normalized spacial score (nSPS) is 10.6. The van der Waals surface area contributed by atoms with Crippen LogP contribution in [0.1, 0.15) is 5.56 Å². The summed E-state index contributed by atoms with van der Waals surface area (Å²) in [7, 11) is 4.97. The Morgan fingerprint density at radius 1 is 0.963 bits per heavy atom. The first-order valence-corrected chi connectivity index (χ1v) is 8.81. The van der Waals surface area contributed by atoms with Gasteiger partial charge in [-0.15, -0.1) is 0 Å². The number of methoxy groups -OCH3 is 3. The van der Waals surface area contributed by atoms with Crippen LogP contribution >= 0.6 is 0 Å². The number of anilines is 1. The molecule has 2 aromatic carbocycles. The molecule has 0 aliphatic rings. The molecule has 6 nitrogen and oxygen atoms in total. The number of nitrogens with zero attached hydrogens (tertiary/aromatic N) is 2. The van der Waals surface area contributed by atoms with Gasteiger partial charge in [0.05, 0.1) is 32.7 Å². The first-order chi connectivity index (χ1) is 13.3. The second kappa shape index (κ2) is 9.09. The van der Waals surface area contributed by atoms with Crippen LogP contribution in [0.25, 0.3) is 11.3 Å². The van der Waals surface area contributed by atoms with Crippen LogP contribution in [-0.4, -0.2) is 37.5 Å². The fraction of sp³-hybridized carbons (Fsp3) is 0.286. The Labute approximate surface area is 159 Å². The van der Waals surface area contributed by atoms with Gasteiger partial charge in [0.15, 0.2) is 11.5 Å². The topological polar surface area (TPSA) is 57.5 Å². The summed E-state index contributed by atoms with van der Waals surface area (Å²) in [5.74, 6) is 2.24. The Morgan fingerprint density at radius 2 is 1.74 bits per heavy atom. The van der Waals surface area contributed by atoms with Crippen molar-refractivity contribution in [3.05, 3.63) is 60.3 Å². The molecule has 6 heteroatoms. The maximum absolute atomic E-state index is 5.38. The van der Waals surface area contributed by atoms with Gasteiger partial charge in [-0.1, -0.05) is 36.4 Å². The van der Waals surface area contributed by atoms with E-state index in [1.807, 2.05) is 42.6 Å². The van der Waals surface area contributed by atoms with Crippen LogP contribution in [-0.2, 0) is 17.8 Å². The Kier molecular flexibility index (Phi) is 6.33.